The number of nitrogens with one attached hydrogen (secondary N) is 2. The zero-order valence-corrected chi connectivity index (χ0v) is 24.9. The van der Waals surface area contributed by atoms with E-state index in [1.807, 2.05) is 0 Å². The number of aryl methyl sites for hydroxylation is 1. The summed E-state index contributed by atoms with van der Waals surface area (Å²) in [4.78, 5) is 18.0. The molecule has 8 heteroatoms. The van der Waals surface area contributed by atoms with Gasteiger partial charge in [-0.1, -0.05) is 43.3 Å². The van der Waals surface area contributed by atoms with Crippen LogP contribution in [-0.2, 0) is 19.4 Å². The first kappa shape index (κ1) is 26.3. The van der Waals surface area contributed by atoms with E-state index >= 15 is 0 Å². The largest absolute Gasteiger partial charge is 0.461 e. The molecule has 0 aliphatic carbocycles. The molecule has 42 heavy (non-hydrogen) atoms. The summed E-state index contributed by atoms with van der Waals surface area (Å²) in [6.45, 7) is 9.77. The van der Waals surface area contributed by atoms with Gasteiger partial charge in [0.15, 0.2) is 0 Å². The van der Waals surface area contributed by atoms with Gasteiger partial charge >= 0.3 is 6.01 Å². The molecule has 1 unspecified atom stereocenters. The Kier molecular flexibility index (Phi) is 6.71. The Bertz CT molecular complexity index is 1500. The van der Waals surface area contributed by atoms with Crippen LogP contribution in [0.15, 0.2) is 48.2 Å². The van der Waals surface area contributed by atoms with Crippen molar-refractivity contribution in [1.29, 1.82) is 0 Å². The molecule has 220 valence electrons. The molecule has 0 bridgehead atoms. The van der Waals surface area contributed by atoms with E-state index in [2.05, 4.69) is 74.7 Å². The Labute approximate surface area is 249 Å². The molecule has 0 amide bonds. The lowest BCUT2D eigenvalue weighted by molar-refractivity contribution is 0.107. The highest BCUT2D eigenvalue weighted by molar-refractivity contribution is 5.97. The fourth-order valence-electron chi connectivity index (χ4n) is 8.30. The lowest BCUT2D eigenvalue weighted by atomic mass is 9.95. The number of anilines is 2. The quantitative estimate of drug-likeness (QED) is 0.457. The smallest absolute Gasteiger partial charge is 0.318 e. The maximum absolute atomic E-state index is 6.61. The zero-order valence-electron chi connectivity index (χ0n) is 24.9. The van der Waals surface area contributed by atoms with E-state index in [0.29, 0.717) is 18.7 Å². The first-order valence-electron chi connectivity index (χ1n) is 16.2. The molecule has 0 radical (unpaired) electrons. The summed E-state index contributed by atoms with van der Waals surface area (Å²) in [5.74, 6) is 1.08. The molecule has 1 atom stereocenters. The summed E-state index contributed by atoms with van der Waals surface area (Å²) in [5.41, 5.74) is 6.64. The monoisotopic (exact) mass is 565 g/mol. The third-order valence-corrected chi connectivity index (χ3v) is 10.5. The zero-order chi connectivity index (χ0) is 28.1. The first-order chi connectivity index (χ1) is 20.7. The number of nitrogens with zero attached hydrogens (tertiary/aromatic N) is 5. The Morgan fingerprint density at radius 3 is 2.71 bits per heavy atom. The van der Waals surface area contributed by atoms with E-state index in [1.165, 1.54) is 72.1 Å². The molecule has 5 aliphatic heterocycles. The van der Waals surface area contributed by atoms with Gasteiger partial charge in [-0.25, -0.2) is 0 Å². The Morgan fingerprint density at radius 1 is 1.00 bits per heavy atom. The normalized spacial score (nSPS) is 23.3. The van der Waals surface area contributed by atoms with Gasteiger partial charge < -0.3 is 19.9 Å². The van der Waals surface area contributed by atoms with E-state index in [9.17, 15) is 0 Å². The van der Waals surface area contributed by atoms with Gasteiger partial charge in [0.25, 0.3) is 0 Å². The fraction of sp³-hybridized carbons (Fsp3) is 0.529. The summed E-state index contributed by atoms with van der Waals surface area (Å²) in [7, 11) is 0. The molecule has 3 saturated heterocycles. The van der Waals surface area contributed by atoms with Crippen molar-refractivity contribution >= 4 is 22.3 Å². The SMILES string of the molecule is CCc1cccc2cccc(N3CCc4c(nc(OCC56CCCN5CCC6)nc4N4CCC=C5NCNC5C4)C3)c12. The number of hydrogen-bond acceptors (Lipinski definition) is 8. The molecule has 0 saturated carbocycles. The van der Waals surface area contributed by atoms with Crippen LogP contribution in [0.5, 0.6) is 6.01 Å². The third-order valence-electron chi connectivity index (χ3n) is 10.5. The number of ether oxygens (including phenoxy) is 1. The summed E-state index contributed by atoms with van der Waals surface area (Å²) in [6.07, 6.45) is 10.3. The van der Waals surface area contributed by atoms with Crippen LogP contribution in [0.4, 0.5) is 11.5 Å². The summed E-state index contributed by atoms with van der Waals surface area (Å²) in [5, 5.41) is 9.84. The maximum atomic E-state index is 6.61. The van der Waals surface area contributed by atoms with Gasteiger partial charge in [-0.05, 0) is 75.1 Å². The number of aromatic nitrogens is 2. The van der Waals surface area contributed by atoms with Crippen LogP contribution in [0, 0.1) is 0 Å². The van der Waals surface area contributed by atoms with Crippen LogP contribution in [0.1, 0.15) is 55.8 Å². The van der Waals surface area contributed by atoms with Crippen molar-refractivity contribution in [3.05, 3.63) is 65.0 Å². The molecule has 2 aromatic carbocycles. The predicted molar refractivity (Wildman–Crippen MR) is 168 cm³/mol. The van der Waals surface area contributed by atoms with Gasteiger partial charge in [-0.15, -0.1) is 0 Å². The van der Waals surface area contributed by atoms with E-state index in [0.717, 1.165) is 63.6 Å². The van der Waals surface area contributed by atoms with E-state index in [1.54, 1.807) is 0 Å². The average Bonchev–Trinajstić information content (AvgIpc) is 3.71. The molecule has 0 spiro atoms. The topological polar surface area (TPSA) is 68.8 Å². The summed E-state index contributed by atoms with van der Waals surface area (Å²) >= 11 is 0. The molecule has 5 aliphatic rings. The lowest BCUT2D eigenvalue weighted by Gasteiger charge is -2.35. The average molecular weight is 566 g/mol. The number of fused-ring (bicyclic) bond motifs is 4. The Hall–Kier alpha value is -3.36. The fourth-order valence-corrected chi connectivity index (χ4v) is 8.30. The Balaban J connectivity index is 1.15. The van der Waals surface area contributed by atoms with Crippen molar-refractivity contribution in [3.63, 3.8) is 0 Å². The molecule has 3 aromatic rings. The van der Waals surface area contributed by atoms with E-state index in [-0.39, 0.29) is 5.54 Å². The minimum Gasteiger partial charge on any atom is -0.461 e. The molecule has 8 nitrogen and oxygen atoms in total. The van der Waals surface area contributed by atoms with Crippen molar-refractivity contribution in [2.75, 3.05) is 55.8 Å². The van der Waals surface area contributed by atoms with Gasteiger partial charge in [0.05, 0.1) is 30.5 Å². The Morgan fingerprint density at radius 2 is 1.86 bits per heavy atom. The van der Waals surface area contributed by atoms with Crippen LogP contribution in [-0.4, -0.2) is 72.4 Å². The standard InChI is InChI=1S/C34H43N7O/c1-2-24-8-3-9-25-10-4-12-30(31(24)25)39-19-13-26-28(20-39)37-33(42-22-34-14-6-17-41(34)18-7-15-34)38-32(26)40-16-5-11-27-29(21-40)36-23-35-27/h3-4,8-12,29,35-36H,2,5-7,13-23H2,1H3. The van der Waals surface area contributed by atoms with Crippen LogP contribution in [0.3, 0.4) is 0 Å². The second kappa shape index (κ2) is 10.7. The number of rotatable bonds is 6. The molecular formula is C34H43N7O. The van der Waals surface area contributed by atoms with Crippen molar-refractivity contribution in [3.8, 4) is 6.01 Å². The van der Waals surface area contributed by atoms with Crippen LogP contribution in [0.25, 0.3) is 10.8 Å². The van der Waals surface area contributed by atoms with Gasteiger partial charge in [-0.3, -0.25) is 10.2 Å². The van der Waals surface area contributed by atoms with Crippen LogP contribution in [0.2, 0.25) is 0 Å². The highest BCUT2D eigenvalue weighted by Gasteiger charge is 2.45. The first-order valence-corrected chi connectivity index (χ1v) is 16.2. The van der Waals surface area contributed by atoms with Gasteiger partial charge in [-0.2, -0.15) is 9.97 Å². The summed E-state index contributed by atoms with van der Waals surface area (Å²) < 4.78 is 6.61. The van der Waals surface area contributed by atoms with E-state index < -0.39 is 0 Å². The molecule has 6 heterocycles. The molecule has 2 N–H and O–H groups in total. The predicted octanol–water partition coefficient (Wildman–Crippen LogP) is 4.38. The highest BCUT2D eigenvalue weighted by Crippen LogP contribution is 2.40. The van der Waals surface area contributed by atoms with Gasteiger partial charge in [0, 0.05) is 42.0 Å². The highest BCUT2D eigenvalue weighted by atomic mass is 16.5. The maximum Gasteiger partial charge on any atom is 0.318 e. The van der Waals surface area contributed by atoms with Crippen LogP contribution >= 0.6 is 0 Å². The molecule has 8 rings (SSSR count). The molecular weight excluding hydrogens is 522 g/mol. The molecule has 1 aromatic heterocycles. The number of benzene rings is 2. The van der Waals surface area contributed by atoms with Crippen LogP contribution < -0.4 is 25.2 Å². The molecule has 3 fully saturated rings. The van der Waals surface area contributed by atoms with Crippen molar-refractivity contribution in [1.82, 2.24) is 25.5 Å². The van der Waals surface area contributed by atoms with Gasteiger partial charge in [0.1, 0.15) is 12.4 Å². The van der Waals surface area contributed by atoms with Crippen molar-refractivity contribution < 1.29 is 4.74 Å². The third kappa shape index (κ3) is 4.51. The van der Waals surface area contributed by atoms with Gasteiger partial charge in [0.2, 0.25) is 0 Å². The summed E-state index contributed by atoms with van der Waals surface area (Å²) in [6, 6.07) is 14.3. The second-order valence-electron chi connectivity index (χ2n) is 12.8. The minimum atomic E-state index is 0.172. The number of hydrogen-bond donors (Lipinski definition) is 2. The van der Waals surface area contributed by atoms with Crippen molar-refractivity contribution in [2.24, 2.45) is 0 Å². The van der Waals surface area contributed by atoms with Crippen molar-refractivity contribution in [2.45, 2.75) is 70.0 Å². The second-order valence-corrected chi connectivity index (χ2v) is 12.8. The minimum absolute atomic E-state index is 0.172. The van der Waals surface area contributed by atoms with E-state index in [4.69, 9.17) is 14.7 Å². The lowest BCUT2D eigenvalue weighted by Crippen LogP contribution is -2.44.